The molecular weight excluding hydrogens is 402 g/mol. The number of halogens is 1. The van der Waals surface area contributed by atoms with Crippen molar-refractivity contribution in [3.8, 4) is 5.75 Å². The van der Waals surface area contributed by atoms with Gasteiger partial charge in [-0.25, -0.2) is 4.79 Å². The fourth-order valence-corrected chi connectivity index (χ4v) is 4.73. The van der Waals surface area contributed by atoms with E-state index in [1.165, 1.54) is 0 Å². The van der Waals surface area contributed by atoms with Gasteiger partial charge in [0.25, 0.3) is 0 Å². The average Bonchev–Trinajstić information content (AvgIpc) is 3.26. The van der Waals surface area contributed by atoms with Gasteiger partial charge in [-0.1, -0.05) is 41.9 Å². The number of fused-ring (bicyclic) bond motifs is 3. The Morgan fingerprint density at radius 1 is 1.23 bits per heavy atom. The van der Waals surface area contributed by atoms with Gasteiger partial charge in [-0.15, -0.1) is 0 Å². The van der Waals surface area contributed by atoms with Gasteiger partial charge in [-0.3, -0.25) is 4.90 Å². The molecule has 2 aliphatic rings. The van der Waals surface area contributed by atoms with E-state index in [-0.39, 0.29) is 11.7 Å². The predicted octanol–water partition coefficient (Wildman–Crippen LogP) is 4.68. The minimum atomic E-state index is -0.301. The van der Waals surface area contributed by atoms with E-state index in [1.807, 2.05) is 43.3 Å². The van der Waals surface area contributed by atoms with E-state index in [0.29, 0.717) is 41.6 Å². The van der Waals surface area contributed by atoms with Crippen LogP contribution in [0.3, 0.4) is 0 Å². The zero-order valence-corrected chi connectivity index (χ0v) is 17.7. The second kappa shape index (κ2) is 8.06. The number of ether oxygens (including phenoxy) is 2. The molecule has 5 rings (SSSR count). The molecule has 2 aromatic carbocycles. The summed E-state index contributed by atoms with van der Waals surface area (Å²) in [5.74, 6) is 0.617. The van der Waals surface area contributed by atoms with Crippen molar-refractivity contribution in [2.24, 2.45) is 0 Å². The maximum absolute atomic E-state index is 12.9. The molecule has 0 amide bonds. The van der Waals surface area contributed by atoms with Gasteiger partial charge in [-0.05, 0) is 37.0 Å². The van der Waals surface area contributed by atoms with Gasteiger partial charge < -0.3 is 13.9 Å². The first-order valence-corrected chi connectivity index (χ1v) is 10.8. The van der Waals surface area contributed by atoms with Gasteiger partial charge in [0.1, 0.15) is 18.1 Å². The summed E-state index contributed by atoms with van der Waals surface area (Å²) in [4.78, 5) is 15.1. The smallest absolute Gasteiger partial charge is 0.340 e. The molecule has 0 spiro atoms. The molecule has 0 aliphatic carbocycles. The molecule has 1 saturated heterocycles. The first kappa shape index (κ1) is 19.6. The summed E-state index contributed by atoms with van der Waals surface area (Å²) in [6, 6.07) is 11.8. The molecule has 0 saturated carbocycles. The standard InChI is InChI=1S/C24H24ClNO4/c1-15-18-11-21(25)23-20(13-26(14-29-23)12-17-8-5-9-28-17)22(18)30-24(27)19(15)10-16-6-3-2-4-7-16/h2-4,6-7,11,17H,5,8-10,12-14H2,1H3. The lowest BCUT2D eigenvalue weighted by Gasteiger charge is -2.31. The molecule has 0 radical (unpaired) electrons. The second-order valence-corrected chi connectivity index (χ2v) is 8.53. The molecule has 156 valence electrons. The zero-order chi connectivity index (χ0) is 20.7. The Labute approximate surface area is 180 Å². The van der Waals surface area contributed by atoms with Crippen LogP contribution in [-0.4, -0.2) is 30.9 Å². The molecule has 5 nitrogen and oxygen atoms in total. The lowest BCUT2D eigenvalue weighted by Crippen LogP contribution is -2.37. The van der Waals surface area contributed by atoms with Crippen LogP contribution in [0, 0.1) is 6.92 Å². The van der Waals surface area contributed by atoms with Crippen LogP contribution in [0.2, 0.25) is 5.02 Å². The third-order valence-electron chi connectivity index (χ3n) is 6.06. The highest BCUT2D eigenvalue weighted by molar-refractivity contribution is 6.33. The summed E-state index contributed by atoms with van der Waals surface area (Å²) in [6.45, 7) is 4.65. The van der Waals surface area contributed by atoms with Crippen LogP contribution in [0.5, 0.6) is 5.75 Å². The van der Waals surface area contributed by atoms with Gasteiger partial charge in [0.2, 0.25) is 0 Å². The van der Waals surface area contributed by atoms with Crippen molar-refractivity contribution in [1.29, 1.82) is 0 Å². The van der Waals surface area contributed by atoms with E-state index in [1.54, 1.807) is 0 Å². The number of rotatable bonds is 4. The van der Waals surface area contributed by atoms with Crippen LogP contribution in [0.25, 0.3) is 11.0 Å². The van der Waals surface area contributed by atoms with E-state index in [4.69, 9.17) is 25.5 Å². The normalized spacial score (nSPS) is 19.1. The monoisotopic (exact) mass is 425 g/mol. The van der Waals surface area contributed by atoms with Crippen molar-refractivity contribution in [3.63, 3.8) is 0 Å². The largest absolute Gasteiger partial charge is 0.476 e. The van der Waals surface area contributed by atoms with Crippen LogP contribution < -0.4 is 10.4 Å². The second-order valence-electron chi connectivity index (χ2n) is 8.12. The maximum Gasteiger partial charge on any atom is 0.340 e. The first-order chi connectivity index (χ1) is 14.6. The minimum absolute atomic E-state index is 0.229. The molecule has 0 N–H and O–H groups in total. The quantitative estimate of drug-likeness (QED) is 0.568. The molecule has 1 atom stereocenters. The van der Waals surface area contributed by atoms with Crippen molar-refractivity contribution in [2.75, 3.05) is 19.9 Å². The van der Waals surface area contributed by atoms with E-state index in [9.17, 15) is 4.79 Å². The van der Waals surface area contributed by atoms with Gasteiger partial charge in [0.15, 0.2) is 0 Å². The van der Waals surface area contributed by atoms with Gasteiger partial charge in [0, 0.05) is 37.1 Å². The summed E-state index contributed by atoms with van der Waals surface area (Å²) in [7, 11) is 0. The van der Waals surface area contributed by atoms with Crippen LogP contribution in [0.15, 0.2) is 45.6 Å². The highest BCUT2D eigenvalue weighted by Gasteiger charge is 2.28. The Balaban J connectivity index is 1.55. The molecule has 1 aromatic heterocycles. The number of benzene rings is 2. The molecule has 1 fully saturated rings. The third-order valence-corrected chi connectivity index (χ3v) is 6.34. The SMILES string of the molecule is Cc1c(Cc2ccccc2)c(=O)oc2c3c(c(Cl)cc12)OCN(CC1CCCO1)C3. The van der Waals surface area contributed by atoms with Gasteiger partial charge in [-0.2, -0.15) is 0 Å². The molecule has 2 aliphatic heterocycles. The summed E-state index contributed by atoms with van der Waals surface area (Å²) < 4.78 is 17.6. The van der Waals surface area contributed by atoms with Crippen LogP contribution in [0.1, 0.15) is 35.1 Å². The lowest BCUT2D eigenvalue weighted by atomic mass is 9.97. The molecular formula is C24H24ClNO4. The highest BCUT2D eigenvalue weighted by Crippen LogP contribution is 2.40. The molecule has 1 unspecified atom stereocenters. The first-order valence-electron chi connectivity index (χ1n) is 10.4. The summed E-state index contributed by atoms with van der Waals surface area (Å²) >= 11 is 6.58. The molecule has 0 bridgehead atoms. The lowest BCUT2D eigenvalue weighted by molar-refractivity contribution is 0.0281. The van der Waals surface area contributed by atoms with E-state index in [2.05, 4.69) is 4.90 Å². The topological polar surface area (TPSA) is 51.9 Å². The Kier molecular flexibility index (Phi) is 5.27. The number of hydrogen-bond acceptors (Lipinski definition) is 5. The summed E-state index contributed by atoms with van der Waals surface area (Å²) in [5.41, 5.74) is 3.76. The van der Waals surface area contributed by atoms with Crippen molar-refractivity contribution in [2.45, 2.75) is 38.8 Å². The fourth-order valence-electron chi connectivity index (χ4n) is 4.46. The third kappa shape index (κ3) is 3.62. The van der Waals surface area contributed by atoms with Crippen molar-refractivity contribution in [1.82, 2.24) is 4.90 Å². The predicted molar refractivity (Wildman–Crippen MR) is 116 cm³/mol. The van der Waals surface area contributed by atoms with Gasteiger partial charge >= 0.3 is 5.63 Å². The average molecular weight is 426 g/mol. The van der Waals surface area contributed by atoms with Crippen molar-refractivity contribution >= 4 is 22.6 Å². The summed E-state index contributed by atoms with van der Waals surface area (Å²) in [6.07, 6.45) is 2.92. The maximum atomic E-state index is 12.9. The molecule has 6 heteroatoms. The Bertz CT molecular complexity index is 1140. The highest BCUT2D eigenvalue weighted by atomic mass is 35.5. The molecule has 3 heterocycles. The number of aryl methyl sites for hydroxylation is 1. The molecule has 3 aromatic rings. The van der Waals surface area contributed by atoms with Gasteiger partial charge in [0.05, 0.1) is 16.7 Å². The zero-order valence-electron chi connectivity index (χ0n) is 16.9. The van der Waals surface area contributed by atoms with Crippen LogP contribution >= 0.6 is 11.6 Å². The van der Waals surface area contributed by atoms with Crippen molar-refractivity contribution in [3.05, 3.63) is 74.1 Å². The van der Waals surface area contributed by atoms with E-state index in [0.717, 1.165) is 48.1 Å². The minimum Gasteiger partial charge on any atom is -0.476 e. The fraction of sp³-hybridized carbons (Fsp3) is 0.375. The molecule has 30 heavy (non-hydrogen) atoms. The summed E-state index contributed by atoms with van der Waals surface area (Å²) in [5, 5.41) is 1.42. The van der Waals surface area contributed by atoms with E-state index >= 15 is 0 Å². The Morgan fingerprint density at radius 3 is 2.83 bits per heavy atom. The number of nitrogens with zero attached hydrogens (tertiary/aromatic N) is 1. The number of hydrogen-bond donors (Lipinski definition) is 0. The van der Waals surface area contributed by atoms with E-state index < -0.39 is 0 Å². The van der Waals surface area contributed by atoms with Crippen LogP contribution in [0.4, 0.5) is 0 Å². The van der Waals surface area contributed by atoms with Crippen LogP contribution in [-0.2, 0) is 17.7 Å². The Hall–Kier alpha value is -2.34. The Morgan fingerprint density at radius 2 is 2.07 bits per heavy atom. The van der Waals surface area contributed by atoms with Crippen molar-refractivity contribution < 1.29 is 13.9 Å².